The second kappa shape index (κ2) is 3.89. The van der Waals surface area contributed by atoms with E-state index in [-0.39, 0.29) is 5.82 Å². The number of rotatable bonds is 3. The lowest BCUT2D eigenvalue weighted by atomic mass is 10.2. The quantitative estimate of drug-likeness (QED) is 0.718. The normalized spacial score (nSPS) is 9.46. The third kappa shape index (κ3) is 1.77. The van der Waals surface area contributed by atoms with Crippen LogP contribution in [0, 0.1) is 5.82 Å². The fraction of sp³-hybridized carbons (Fsp3) is 0.222. The van der Waals surface area contributed by atoms with Crippen molar-refractivity contribution in [2.75, 3.05) is 24.3 Å². The second-order valence-electron chi connectivity index (χ2n) is 2.60. The van der Waals surface area contributed by atoms with Crippen LogP contribution in [0.2, 0.25) is 0 Å². The van der Waals surface area contributed by atoms with Gasteiger partial charge in [0.1, 0.15) is 5.82 Å². The van der Waals surface area contributed by atoms with Gasteiger partial charge >= 0.3 is 0 Å². The van der Waals surface area contributed by atoms with E-state index < -0.39 is 0 Å². The van der Waals surface area contributed by atoms with Gasteiger partial charge in [-0.3, -0.25) is 4.79 Å². The summed E-state index contributed by atoms with van der Waals surface area (Å²) in [6.07, 6.45) is 0.635. The smallest absolute Gasteiger partial charge is 0.213 e. The number of hydrogen-bond acceptors (Lipinski definition) is 2. The minimum Gasteiger partial charge on any atom is -0.384 e. The van der Waals surface area contributed by atoms with E-state index >= 15 is 0 Å². The van der Waals surface area contributed by atoms with E-state index in [2.05, 4.69) is 5.32 Å². The van der Waals surface area contributed by atoms with Crippen LogP contribution < -0.4 is 10.2 Å². The molecule has 1 aromatic carbocycles. The van der Waals surface area contributed by atoms with Crippen molar-refractivity contribution >= 4 is 17.8 Å². The first kappa shape index (κ1) is 9.51. The van der Waals surface area contributed by atoms with Crippen LogP contribution in [0.5, 0.6) is 0 Å². The Labute approximate surface area is 76.2 Å². The van der Waals surface area contributed by atoms with Crippen molar-refractivity contribution in [2.45, 2.75) is 0 Å². The Morgan fingerprint density at radius 1 is 1.54 bits per heavy atom. The number of benzene rings is 1. The standard InChI is InChI=1S/C9H11FN2O/c1-11-9-7(10)4-3-5-8(9)12(2)6-13/h3-6,11H,1-2H3. The van der Waals surface area contributed by atoms with E-state index in [1.165, 1.54) is 11.0 Å². The first-order chi connectivity index (χ1) is 6.20. The highest BCUT2D eigenvalue weighted by Crippen LogP contribution is 2.26. The maximum Gasteiger partial charge on any atom is 0.213 e. The van der Waals surface area contributed by atoms with Crippen LogP contribution >= 0.6 is 0 Å². The number of anilines is 2. The summed E-state index contributed by atoms with van der Waals surface area (Å²) in [5.41, 5.74) is 0.856. The molecule has 4 heteroatoms. The van der Waals surface area contributed by atoms with Crippen LogP contribution in [0.25, 0.3) is 0 Å². The molecule has 0 atom stereocenters. The molecule has 0 aromatic heterocycles. The molecule has 13 heavy (non-hydrogen) atoms. The molecule has 0 unspecified atom stereocenters. The van der Waals surface area contributed by atoms with Crippen LogP contribution in [0.1, 0.15) is 0 Å². The van der Waals surface area contributed by atoms with Crippen molar-refractivity contribution in [3.8, 4) is 0 Å². The van der Waals surface area contributed by atoms with E-state index in [1.807, 2.05) is 0 Å². The molecule has 1 aromatic rings. The summed E-state index contributed by atoms with van der Waals surface area (Å²) in [7, 11) is 3.18. The molecule has 0 bridgehead atoms. The molecule has 3 nitrogen and oxygen atoms in total. The maximum atomic E-state index is 13.1. The molecular formula is C9H11FN2O. The summed E-state index contributed by atoms with van der Waals surface area (Å²) < 4.78 is 13.1. The SMILES string of the molecule is CNc1c(F)cccc1N(C)C=O. The lowest BCUT2D eigenvalue weighted by Gasteiger charge is -2.15. The zero-order valence-corrected chi connectivity index (χ0v) is 7.54. The highest BCUT2D eigenvalue weighted by atomic mass is 19.1. The molecule has 0 fully saturated rings. The molecule has 1 amide bonds. The Bertz CT molecular complexity index is 314. The van der Waals surface area contributed by atoms with Crippen molar-refractivity contribution in [1.29, 1.82) is 0 Å². The van der Waals surface area contributed by atoms with E-state index in [0.717, 1.165) is 0 Å². The molecule has 1 N–H and O–H groups in total. The van der Waals surface area contributed by atoms with Crippen molar-refractivity contribution in [3.05, 3.63) is 24.0 Å². The number of nitrogens with one attached hydrogen (secondary N) is 1. The average molecular weight is 182 g/mol. The number of hydrogen-bond donors (Lipinski definition) is 1. The lowest BCUT2D eigenvalue weighted by Crippen LogP contribution is -2.15. The third-order valence-electron chi connectivity index (χ3n) is 1.78. The minimum absolute atomic E-state index is 0.331. The third-order valence-corrected chi connectivity index (χ3v) is 1.78. The molecule has 0 aliphatic heterocycles. The molecule has 0 aliphatic carbocycles. The molecule has 1 rings (SSSR count). The van der Waals surface area contributed by atoms with Crippen molar-refractivity contribution in [1.82, 2.24) is 0 Å². The highest BCUT2D eigenvalue weighted by molar-refractivity contribution is 5.82. The predicted molar refractivity (Wildman–Crippen MR) is 50.4 cm³/mol. The lowest BCUT2D eigenvalue weighted by molar-refractivity contribution is -0.107. The van der Waals surface area contributed by atoms with Gasteiger partial charge in [-0.1, -0.05) is 6.07 Å². The molecule has 70 valence electrons. The number of carbonyl (C=O) groups is 1. The van der Waals surface area contributed by atoms with E-state index in [4.69, 9.17) is 0 Å². The summed E-state index contributed by atoms with van der Waals surface area (Å²) in [4.78, 5) is 11.8. The Morgan fingerprint density at radius 2 is 2.23 bits per heavy atom. The number of para-hydroxylation sites is 1. The molecule has 0 radical (unpaired) electrons. The summed E-state index contributed by atoms with van der Waals surface area (Å²) in [6, 6.07) is 4.57. The monoisotopic (exact) mass is 182 g/mol. The molecule has 0 spiro atoms. The van der Waals surface area contributed by atoms with E-state index in [9.17, 15) is 9.18 Å². The van der Waals surface area contributed by atoms with Crippen molar-refractivity contribution < 1.29 is 9.18 Å². The van der Waals surface area contributed by atoms with Gasteiger partial charge in [-0.25, -0.2) is 4.39 Å². The van der Waals surface area contributed by atoms with Crippen LogP contribution in [-0.2, 0) is 4.79 Å². The first-order valence-corrected chi connectivity index (χ1v) is 3.85. The molecule has 0 aliphatic rings. The fourth-order valence-corrected chi connectivity index (χ4v) is 1.11. The van der Waals surface area contributed by atoms with Gasteiger partial charge in [-0.15, -0.1) is 0 Å². The van der Waals surface area contributed by atoms with Gasteiger partial charge in [-0.2, -0.15) is 0 Å². The zero-order valence-electron chi connectivity index (χ0n) is 7.54. The molecular weight excluding hydrogens is 171 g/mol. The Kier molecular flexibility index (Phi) is 2.84. The van der Waals surface area contributed by atoms with Gasteiger partial charge in [0.15, 0.2) is 0 Å². The maximum absolute atomic E-state index is 13.1. The van der Waals surface area contributed by atoms with E-state index in [1.54, 1.807) is 26.2 Å². The summed E-state index contributed by atoms with van der Waals surface area (Å²) >= 11 is 0. The summed E-state index contributed by atoms with van der Waals surface area (Å²) in [5.74, 6) is -0.367. The Hall–Kier alpha value is -1.58. The van der Waals surface area contributed by atoms with Crippen molar-refractivity contribution in [3.63, 3.8) is 0 Å². The molecule has 0 heterocycles. The number of amides is 1. The fourth-order valence-electron chi connectivity index (χ4n) is 1.11. The Balaban J connectivity index is 3.19. The largest absolute Gasteiger partial charge is 0.384 e. The van der Waals surface area contributed by atoms with Crippen LogP contribution in [0.3, 0.4) is 0 Å². The first-order valence-electron chi connectivity index (χ1n) is 3.85. The zero-order chi connectivity index (χ0) is 9.84. The predicted octanol–water partition coefficient (Wildman–Crippen LogP) is 1.46. The average Bonchev–Trinajstić information content (AvgIpc) is 2.16. The van der Waals surface area contributed by atoms with Gasteiger partial charge in [0.25, 0.3) is 0 Å². The minimum atomic E-state index is -0.367. The number of halogens is 1. The van der Waals surface area contributed by atoms with Gasteiger partial charge in [0.2, 0.25) is 6.41 Å². The number of carbonyl (C=O) groups excluding carboxylic acids is 1. The van der Waals surface area contributed by atoms with Gasteiger partial charge in [-0.05, 0) is 12.1 Å². The van der Waals surface area contributed by atoms with Gasteiger partial charge in [0.05, 0.1) is 11.4 Å². The van der Waals surface area contributed by atoms with Crippen LogP contribution in [0.4, 0.5) is 15.8 Å². The van der Waals surface area contributed by atoms with Crippen LogP contribution in [0.15, 0.2) is 18.2 Å². The summed E-state index contributed by atoms with van der Waals surface area (Å²) in [6.45, 7) is 0. The van der Waals surface area contributed by atoms with Gasteiger partial charge in [0, 0.05) is 14.1 Å². The second-order valence-corrected chi connectivity index (χ2v) is 2.60. The number of nitrogens with zero attached hydrogens (tertiary/aromatic N) is 1. The van der Waals surface area contributed by atoms with Crippen molar-refractivity contribution in [2.24, 2.45) is 0 Å². The molecule has 0 saturated heterocycles. The van der Waals surface area contributed by atoms with Gasteiger partial charge < -0.3 is 10.2 Å². The van der Waals surface area contributed by atoms with E-state index in [0.29, 0.717) is 17.8 Å². The topological polar surface area (TPSA) is 32.3 Å². The highest BCUT2D eigenvalue weighted by Gasteiger charge is 2.08. The Morgan fingerprint density at radius 3 is 2.77 bits per heavy atom. The summed E-state index contributed by atoms with van der Waals surface area (Å²) in [5, 5.41) is 2.70. The van der Waals surface area contributed by atoms with Crippen LogP contribution in [-0.4, -0.2) is 20.5 Å². The molecule has 0 saturated carbocycles.